The molecule has 0 atom stereocenters. The predicted octanol–water partition coefficient (Wildman–Crippen LogP) is 1.75. The summed E-state index contributed by atoms with van der Waals surface area (Å²) >= 11 is 1.25. The number of furan rings is 1. The van der Waals surface area contributed by atoms with Crippen molar-refractivity contribution in [3.8, 4) is 6.07 Å². The molecule has 0 spiro atoms. The Morgan fingerprint density at radius 1 is 1.46 bits per heavy atom. The van der Waals surface area contributed by atoms with E-state index in [4.69, 9.17) is 4.42 Å². The highest BCUT2D eigenvalue weighted by molar-refractivity contribution is 7.99. The van der Waals surface area contributed by atoms with Gasteiger partial charge in [-0.1, -0.05) is 31.0 Å². The Morgan fingerprint density at radius 2 is 2.29 bits per heavy atom. The van der Waals surface area contributed by atoms with Crippen LogP contribution >= 0.6 is 11.8 Å². The number of aromatic nitrogens is 4. The summed E-state index contributed by atoms with van der Waals surface area (Å²) in [6.07, 6.45) is 6.10. The fourth-order valence-electron chi connectivity index (χ4n) is 2.80. The molecule has 1 aliphatic rings. The fraction of sp³-hybridized carbons (Fsp3) is 0.533. The van der Waals surface area contributed by atoms with Gasteiger partial charge in [-0.25, -0.2) is 4.68 Å². The number of tetrazole rings is 1. The lowest BCUT2D eigenvalue weighted by Gasteiger charge is -2.31. The summed E-state index contributed by atoms with van der Waals surface area (Å²) in [5.74, 6) is 0.734. The largest absolute Gasteiger partial charge is 0.467 e. The lowest BCUT2D eigenvalue weighted by Crippen LogP contribution is -2.49. The van der Waals surface area contributed by atoms with E-state index in [1.54, 1.807) is 17.0 Å². The van der Waals surface area contributed by atoms with Crippen molar-refractivity contribution in [2.24, 2.45) is 0 Å². The fourth-order valence-corrected chi connectivity index (χ4v) is 3.48. The van der Waals surface area contributed by atoms with Gasteiger partial charge in [-0.05, 0) is 35.4 Å². The van der Waals surface area contributed by atoms with Gasteiger partial charge in [0.05, 0.1) is 18.1 Å². The topological polar surface area (TPSA) is 110 Å². The Hall–Kier alpha value is -2.34. The predicted molar refractivity (Wildman–Crippen MR) is 85.9 cm³/mol. The van der Waals surface area contributed by atoms with E-state index in [0.717, 1.165) is 37.9 Å². The van der Waals surface area contributed by atoms with E-state index < -0.39 is 5.54 Å². The summed E-state index contributed by atoms with van der Waals surface area (Å²) in [5, 5.41) is 24.3. The molecule has 1 fully saturated rings. The van der Waals surface area contributed by atoms with E-state index in [1.807, 2.05) is 6.07 Å². The minimum Gasteiger partial charge on any atom is -0.467 e. The van der Waals surface area contributed by atoms with Crippen molar-refractivity contribution in [2.75, 3.05) is 5.75 Å². The van der Waals surface area contributed by atoms with Crippen LogP contribution in [-0.4, -0.2) is 37.4 Å². The highest BCUT2D eigenvalue weighted by atomic mass is 32.2. The van der Waals surface area contributed by atoms with Gasteiger partial charge in [0.2, 0.25) is 11.1 Å². The Labute approximate surface area is 143 Å². The normalized spacial score (nSPS) is 16.5. The average Bonchev–Trinajstić information content (AvgIpc) is 3.26. The maximum atomic E-state index is 12.2. The van der Waals surface area contributed by atoms with Crippen LogP contribution in [0.3, 0.4) is 0 Å². The summed E-state index contributed by atoms with van der Waals surface area (Å²) in [5.41, 5.74) is -0.712. The van der Waals surface area contributed by atoms with Gasteiger partial charge in [-0.3, -0.25) is 4.79 Å². The smallest absolute Gasteiger partial charge is 0.231 e. The third-order valence-electron chi connectivity index (χ3n) is 4.02. The average molecular weight is 346 g/mol. The van der Waals surface area contributed by atoms with Crippen LogP contribution in [0.2, 0.25) is 0 Å². The molecule has 9 heteroatoms. The van der Waals surface area contributed by atoms with Crippen molar-refractivity contribution in [2.45, 2.75) is 49.3 Å². The van der Waals surface area contributed by atoms with Crippen LogP contribution in [0.1, 0.15) is 37.9 Å². The molecule has 8 nitrogen and oxygen atoms in total. The van der Waals surface area contributed by atoms with Crippen molar-refractivity contribution in [1.82, 2.24) is 25.5 Å². The number of amides is 1. The second-order valence-corrected chi connectivity index (χ2v) is 6.73. The van der Waals surface area contributed by atoms with Crippen molar-refractivity contribution in [3.05, 3.63) is 24.2 Å². The molecular formula is C15H18N6O2S. The maximum absolute atomic E-state index is 12.2. The van der Waals surface area contributed by atoms with Crippen LogP contribution in [0.5, 0.6) is 0 Å². The molecule has 1 N–H and O–H groups in total. The number of nitrogens with zero attached hydrogens (tertiary/aromatic N) is 5. The monoisotopic (exact) mass is 346 g/mol. The van der Waals surface area contributed by atoms with Crippen LogP contribution in [0.15, 0.2) is 28.0 Å². The number of rotatable bonds is 6. The molecule has 2 heterocycles. The van der Waals surface area contributed by atoms with E-state index in [1.165, 1.54) is 11.8 Å². The van der Waals surface area contributed by atoms with Crippen molar-refractivity contribution >= 4 is 17.7 Å². The van der Waals surface area contributed by atoms with Crippen LogP contribution in [0, 0.1) is 11.3 Å². The molecule has 0 aromatic carbocycles. The first kappa shape index (κ1) is 16.5. The second kappa shape index (κ2) is 7.49. The number of hydrogen-bond acceptors (Lipinski definition) is 7. The lowest BCUT2D eigenvalue weighted by molar-refractivity contribution is -0.120. The van der Waals surface area contributed by atoms with Gasteiger partial charge in [-0.15, -0.1) is 5.10 Å². The first-order valence-corrected chi connectivity index (χ1v) is 8.83. The first-order valence-electron chi connectivity index (χ1n) is 7.84. The molecule has 0 unspecified atom stereocenters. The van der Waals surface area contributed by atoms with Gasteiger partial charge in [0, 0.05) is 0 Å². The molecule has 1 aliphatic carbocycles. The van der Waals surface area contributed by atoms with Gasteiger partial charge < -0.3 is 9.73 Å². The van der Waals surface area contributed by atoms with Gasteiger partial charge in [-0.2, -0.15) is 5.26 Å². The first-order chi connectivity index (χ1) is 11.7. The van der Waals surface area contributed by atoms with E-state index in [2.05, 4.69) is 26.9 Å². The molecule has 3 rings (SSSR count). The molecule has 24 heavy (non-hydrogen) atoms. The SMILES string of the molecule is N#CC1(NC(=O)CSc2nnnn2Cc2ccco2)CCCCC1. The van der Waals surface area contributed by atoms with Crippen LogP contribution in [0.4, 0.5) is 0 Å². The van der Waals surface area contributed by atoms with Crippen LogP contribution in [-0.2, 0) is 11.3 Å². The second-order valence-electron chi connectivity index (χ2n) is 5.79. The Kier molecular flexibility index (Phi) is 5.15. The van der Waals surface area contributed by atoms with E-state index in [0.29, 0.717) is 11.7 Å². The molecule has 1 amide bonds. The maximum Gasteiger partial charge on any atom is 0.231 e. The zero-order valence-electron chi connectivity index (χ0n) is 13.1. The van der Waals surface area contributed by atoms with E-state index in [9.17, 15) is 10.1 Å². The third-order valence-corrected chi connectivity index (χ3v) is 4.97. The molecule has 0 bridgehead atoms. The van der Waals surface area contributed by atoms with E-state index in [-0.39, 0.29) is 11.7 Å². The van der Waals surface area contributed by atoms with Gasteiger partial charge in [0.15, 0.2) is 0 Å². The zero-order valence-corrected chi connectivity index (χ0v) is 14.0. The zero-order chi connectivity index (χ0) is 16.8. The number of carbonyl (C=O) groups excluding carboxylic acids is 1. The molecule has 0 aliphatic heterocycles. The van der Waals surface area contributed by atoms with Crippen molar-refractivity contribution in [1.29, 1.82) is 5.26 Å². The molecular weight excluding hydrogens is 328 g/mol. The Balaban J connectivity index is 1.55. The Bertz CT molecular complexity index is 715. The van der Waals surface area contributed by atoms with Gasteiger partial charge in [0.1, 0.15) is 17.8 Å². The summed E-state index contributed by atoms with van der Waals surface area (Å²) in [7, 11) is 0. The highest BCUT2D eigenvalue weighted by Gasteiger charge is 2.33. The summed E-state index contributed by atoms with van der Waals surface area (Å²) in [4.78, 5) is 12.2. The van der Waals surface area contributed by atoms with E-state index >= 15 is 0 Å². The summed E-state index contributed by atoms with van der Waals surface area (Å²) in [6.45, 7) is 0.409. The molecule has 0 radical (unpaired) electrons. The molecule has 2 aromatic heterocycles. The van der Waals surface area contributed by atoms with Crippen LogP contribution < -0.4 is 5.32 Å². The molecule has 2 aromatic rings. The number of hydrogen-bond donors (Lipinski definition) is 1. The van der Waals surface area contributed by atoms with Gasteiger partial charge >= 0.3 is 0 Å². The standard InChI is InChI=1S/C15H18N6O2S/c16-11-15(6-2-1-3-7-15)17-13(22)10-24-14-18-19-20-21(14)9-12-5-4-8-23-12/h4-5,8H,1-3,6-7,9-10H2,(H,17,22). The minimum atomic E-state index is -0.712. The highest BCUT2D eigenvalue weighted by Crippen LogP contribution is 2.27. The van der Waals surface area contributed by atoms with Crippen molar-refractivity contribution in [3.63, 3.8) is 0 Å². The minimum absolute atomic E-state index is 0.169. The molecule has 126 valence electrons. The number of carbonyl (C=O) groups is 1. The van der Waals surface area contributed by atoms with Crippen LogP contribution in [0.25, 0.3) is 0 Å². The number of nitriles is 1. The van der Waals surface area contributed by atoms with Gasteiger partial charge in [0.25, 0.3) is 0 Å². The summed E-state index contributed by atoms with van der Waals surface area (Å²) in [6, 6.07) is 5.92. The molecule has 1 saturated carbocycles. The number of thioether (sulfide) groups is 1. The quantitative estimate of drug-likeness (QED) is 0.793. The third kappa shape index (κ3) is 3.94. The number of nitrogens with one attached hydrogen (secondary N) is 1. The Morgan fingerprint density at radius 3 is 3.00 bits per heavy atom. The summed E-state index contributed by atoms with van der Waals surface area (Å²) < 4.78 is 6.86. The lowest BCUT2D eigenvalue weighted by atomic mass is 9.83. The molecule has 0 saturated heterocycles. The van der Waals surface area contributed by atoms with Crippen molar-refractivity contribution < 1.29 is 9.21 Å².